The SMILES string of the molecule is O=C(c1ccc[nH]c1=O)N1CCC2(Cc3ccc(Cl)cc3)c3ccccc3N(Cc3ccc(Cl)cc3)C12. The minimum absolute atomic E-state index is 0.159. The van der Waals surface area contributed by atoms with Gasteiger partial charge < -0.3 is 14.8 Å². The maximum Gasteiger partial charge on any atom is 0.261 e. The topological polar surface area (TPSA) is 56.4 Å². The molecule has 1 saturated heterocycles. The Kier molecular flexibility index (Phi) is 6.06. The second kappa shape index (κ2) is 9.40. The van der Waals surface area contributed by atoms with Crippen LogP contribution in [0.1, 0.15) is 33.5 Å². The number of aromatic nitrogens is 1. The zero-order valence-corrected chi connectivity index (χ0v) is 21.5. The van der Waals surface area contributed by atoms with Crippen LogP contribution in [0.3, 0.4) is 0 Å². The van der Waals surface area contributed by atoms with Crippen molar-refractivity contribution in [1.82, 2.24) is 9.88 Å². The van der Waals surface area contributed by atoms with Crippen molar-refractivity contribution in [3.8, 4) is 0 Å². The van der Waals surface area contributed by atoms with Crippen LogP contribution in [-0.4, -0.2) is 28.5 Å². The molecule has 2 atom stereocenters. The molecule has 1 N–H and O–H groups in total. The molecule has 37 heavy (non-hydrogen) atoms. The number of hydrogen-bond donors (Lipinski definition) is 1. The molecule has 3 aromatic carbocycles. The molecular formula is C30H25Cl2N3O2. The lowest BCUT2D eigenvalue weighted by Crippen LogP contribution is -2.53. The van der Waals surface area contributed by atoms with Gasteiger partial charge in [-0.3, -0.25) is 9.59 Å². The van der Waals surface area contributed by atoms with E-state index < -0.39 is 0 Å². The van der Waals surface area contributed by atoms with Crippen LogP contribution in [0.4, 0.5) is 5.69 Å². The lowest BCUT2D eigenvalue weighted by atomic mass is 9.74. The molecule has 2 aliphatic rings. The Morgan fingerprint density at radius 1 is 0.892 bits per heavy atom. The van der Waals surface area contributed by atoms with Gasteiger partial charge in [0.2, 0.25) is 0 Å². The van der Waals surface area contributed by atoms with Crippen LogP contribution in [-0.2, 0) is 18.4 Å². The zero-order valence-electron chi connectivity index (χ0n) is 20.0. The molecule has 4 aromatic rings. The summed E-state index contributed by atoms with van der Waals surface area (Å²) in [6, 6.07) is 27.5. The molecule has 0 bridgehead atoms. The van der Waals surface area contributed by atoms with E-state index >= 15 is 0 Å². The van der Waals surface area contributed by atoms with E-state index in [1.807, 2.05) is 47.4 Å². The minimum Gasteiger partial charge on any atom is -0.346 e. The number of para-hydroxylation sites is 1. The van der Waals surface area contributed by atoms with E-state index in [0.29, 0.717) is 23.1 Å². The minimum atomic E-state index is -0.373. The first-order valence-electron chi connectivity index (χ1n) is 12.3. The number of nitrogens with one attached hydrogen (secondary N) is 1. The number of carbonyl (C=O) groups excluding carboxylic acids is 1. The lowest BCUT2D eigenvalue weighted by Gasteiger charge is -2.38. The number of hydrogen-bond acceptors (Lipinski definition) is 3. The number of rotatable bonds is 5. The van der Waals surface area contributed by atoms with Crippen molar-refractivity contribution in [2.24, 2.45) is 0 Å². The maximum absolute atomic E-state index is 13.9. The molecule has 0 spiro atoms. The fourth-order valence-corrected chi connectivity index (χ4v) is 6.30. The number of aromatic amines is 1. The second-order valence-electron chi connectivity index (χ2n) is 9.77. The van der Waals surface area contributed by atoms with Gasteiger partial charge in [0.25, 0.3) is 11.5 Å². The van der Waals surface area contributed by atoms with Crippen molar-refractivity contribution in [2.75, 3.05) is 11.4 Å². The predicted octanol–water partition coefficient (Wildman–Crippen LogP) is 6.05. The highest BCUT2D eigenvalue weighted by molar-refractivity contribution is 6.30. The van der Waals surface area contributed by atoms with Crippen LogP contribution in [0.5, 0.6) is 0 Å². The summed E-state index contributed by atoms with van der Waals surface area (Å²) in [5.41, 5.74) is 4.03. The highest BCUT2D eigenvalue weighted by atomic mass is 35.5. The summed E-state index contributed by atoms with van der Waals surface area (Å²) in [6.07, 6.45) is 2.82. The third-order valence-corrected chi connectivity index (χ3v) is 8.15. The smallest absolute Gasteiger partial charge is 0.261 e. The fraction of sp³-hybridized carbons (Fsp3) is 0.200. The Balaban J connectivity index is 1.48. The van der Waals surface area contributed by atoms with Gasteiger partial charge in [0, 0.05) is 40.4 Å². The number of fused-ring (bicyclic) bond motifs is 3. The van der Waals surface area contributed by atoms with E-state index in [1.165, 1.54) is 5.56 Å². The van der Waals surface area contributed by atoms with Crippen molar-refractivity contribution in [2.45, 2.75) is 31.0 Å². The van der Waals surface area contributed by atoms with E-state index in [-0.39, 0.29) is 28.6 Å². The molecule has 2 aliphatic heterocycles. The lowest BCUT2D eigenvalue weighted by molar-refractivity contribution is 0.0707. The number of anilines is 1. The van der Waals surface area contributed by atoms with Crippen LogP contribution >= 0.6 is 23.2 Å². The summed E-state index contributed by atoms with van der Waals surface area (Å²) in [5.74, 6) is -0.251. The van der Waals surface area contributed by atoms with Gasteiger partial charge in [0.1, 0.15) is 11.7 Å². The van der Waals surface area contributed by atoms with E-state index in [2.05, 4.69) is 40.2 Å². The number of amides is 1. The number of benzene rings is 3. The van der Waals surface area contributed by atoms with Gasteiger partial charge in [-0.25, -0.2) is 0 Å². The van der Waals surface area contributed by atoms with Crippen molar-refractivity contribution < 1.29 is 4.79 Å². The molecule has 1 fully saturated rings. The van der Waals surface area contributed by atoms with Gasteiger partial charge in [-0.2, -0.15) is 0 Å². The van der Waals surface area contributed by atoms with E-state index in [1.54, 1.807) is 18.3 Å². The third-order valence-electron chi connectivity index (χ3n) is 7.64. The Morgan fingerprint density at radius 2 is 1.57 bits per heavy atom. The highest BCUT2D eigenvalue weighted by Crippen LogP contribution is 2.54. The van der Waals surface area contributed by atoms with Gasteiger partial charge in [0.05, 0.1) is 0 Å². The van der Waals surface area contributed by atoms with Gasteiger partial charge >= 0.3 is 0 Å². The monoisotopic (exact) mass is 529 g/mol. The Bertz CT molecular complexity index is 1520. The van der Waals surface area contributed by atoms with Crippen molar-refractivity contribution in [3.63, 3.8) is 0 Å². The fourth-order valence-electron chi connectivity index (χ4n) is 6.04. The Morgan fingerprint density at radius 3 is 2.27 bits per heavy atom. The number of H-pyrrole nitrogens is 1. The molecule has 0 aliphatic carbocycles. The Labute approximate surface area is 225 Å². The first kappa shape index (κ1) is 23.8. The number of nitrogens with zero attached hydrogens (tertiary/aromatic N) is 2. The summed E-state index contributed by atoms with van der Waals surface area (Å²) >= 11 is 12.3. The molecule has 1 aromatic heterocycles. The summed E-state index contributed by atoms with van der Waals surface area (Å²) < 4.78 is 0. The second-order valence-corrected chi connectivity index (χ2v) is 10.6. The van der Waals surface area contributed by atoms with Gasteiger partial charge in [-0.1, -0.05) is 65.7 Å². The number of halogens is 2. The Hall–Kier alpha value is -3.54. The van der Waals surface area contributed by atoms with Crippen molar-refractivity contribution in [3.05, 3.63) is 134 Å². The van der Waals surface area contributed by atoms with Gasteiger partial charge in [-0.15, -0.1) is 0 Å². The van der Waals surface area contributed by atoms with Crippen LogP contribution in [0.15, 0.2) is 95.9 Å². The third kappa shape index (κ3) is 4.12. The van der Waals surface area contributed by atoms with Gasteiger partial charge in [0.15, 0.2) is 0 Å². The maximum atomic E-state index is 13.9. The summed E-state index contributed by atoms with van der Waals surface area (Å²) in [6.45, 7) is 1.16. The zero-order chi connectivity index (χ0) is 25.6. The summed E-state index contributed by atoms with van der Waals surface area (Å²) in [4.78, 5) is 33.3. The molecule has 0 saturated carbocycles. The number of likely N-dealkylation sites (tertiary alicyclic amines) is 1. The first-order chi connectivity index (χ1) is 18.0. The quantitative estimate of drug-likeness (QED) is 0.342. The average Bonchev–Trinajstić information content (AvgIpc) is 3.40. The standard InChI is InChI=1S/C30H25Cl2N3O2/c31-22-11-7-20(8-12-22)18-30-15-17-34(28(37)24-4-3-16-33-27(24)36)29(30)35(26-6-2-1-5-25(26)30)19-21-9-13-23(32)14-10-21/h1-14,16,29H,15,17-19H2,(H,33,36). The molecule has 2 unspecified atom stereocenters. The molecule has 6 rings (SSSR count). The average molecular weight is 530 g/mol. The van der Waals surface area contributed by atoms with Crippen molar-refractivity contribution in [1.29, 1.82) is 0 Å². The number of carbonyl (C=O) groups is 1. The molecule has 5 nitrogen and oxygen atoms in total. The van der Waals surface area contributed by atoms with Crippen LogP contribution in [0.2, 0.25) is 10.0 Å². The van der Waals surface area contributed by atoms with Crippen LogP contribution in [0, 0.1) is 0 Å². The molecule has 1 amide bonds. The van der Waals surface area contributed by atoms with E-state index in [0.717, 1.165) is 29.7 Å². The van der Waals surface area contributed by atoms with E-state index in [4.69, 9.17) is 23.2 Å². The van der Waals surface area contributed by atoms with Crippen LogP contribution in [0.25, 0.3) is 0 Å². The highest BCUT2D eigenvalue weighted by Gasteiger charge is 2.58. The summed E-state index contributed by atoms with van der Waals surface area (Å²) in [7, 11) is 0. The normalized spacial score (nSPS) is 20.1. The molecule has 186 valence electrons. The molecule has 7 heteroatoms. The van der Waals surface area contributed by atoms with Crippen molar-refractivity contribution >= 4 is 34.8 Å². The number of pyridine rings is 1. The first-order valence-corrected chi connectivity index (χ1v) is 13.1. The summed E-state index contributed by atoms with van der Waals surface area (Å²) in [5, 5.41) is 1.38. The largest absolute Gasteiger partial charge is 0.346 e. The molecule has 0 radical (unpaired) electrons. The molecule has 3 heterocycles. The van der Waals surface area contributed by atoms with E-state index in [9.17, 15) is 9.59 Å². The van der Waals surface area contributed by atoms with Crippen LogP contribution < -0.4 is 10.5 Å². The van der Waals surface area contributed by atoms with Gasteiger partial charge in [-0.05, 0) is 72.0 Å². The predicted molar refractivity (Wildman–Crippen MR) is 147 cm³/mol. The molecular weight excluding hydrogens is 505 g/mol.